The number of hydrogen-bond donors (Lipinski definition) is 1. The molecule has 0 radical (unpaired) electrons. The Kier molecular flexibility index (Phi) is 6.44. The second-order valence-electron chi connectivity index (χ2n) is 7.74. The predicted octanol–water partition coefficient (Wildman–Crippen LogP) is 6.23. The lowest BCUT2D eigenvalue weighted by Crippen LogP contribution is -2.38. The van der Waals surface area contributed by atoms with Crippen LogP contribution < -0.4 is 9.47 Å². The van der Waals surface area contributed by atoms with Crippen molar-refractivity contribution in [3.63, 3.8) is 0 Å². The van der Waals surface area contributed by atoms with E-state index in [4.69, 9.17) is 26.5 Å². The van der Waals surface area contributed by atoms with E-state index in [1.54, 1.807) is 23.1 Å². The van der Waals surface area contributed by atoms with Crippen molar-refractivity contribution in [1.29, 1.82) is 5.41 Å². The van der Waals surface area contributed by atoms with E-state index in [9.17, 15) is 4.79 Å². The van der Waals surface area contributed by atoms with Crippen molar-refractivity contribution in [3.8, 4) is 11.5 Å². The first kappa shape index (κ1) is 23.0. The van der Waals surface area contributed by atoms with E-state index < -0.39 is 5.91 Å². The number of nitrogens with one attached hydrogen (secondary N) is 1. The molecule has 2 heterocycles. The van der Waals surface area contributed by atoms with Crippen molar-refractivity contribution < 1.29 is 14.3 Å². The number of nitrogens with zero attached hydrogens (tertiary/aromatic N) is 2. The van der Waals surface area contributed by atoms with Gasteiger partial charge >= 0.3 is 0 Å². The number of hydrogen-bond acceptors (Lipinski definition) is 5. The number of aliphatic imine (C=N–C) groups is 1. The zero-order valence-electron chi connectivity index (χ0n) is 18.7. The fourth-order valence-corrected chi connectivity index (χ4v) is 4.94. The van der Waals surface area contributed by atoms with E-state index in [0.717, 1.165) is 16.8 Å². The third-order valence-electron chi connectivity index (χ3n) is 5.47. The number of benzene rings is 3. The summed E-state index contributed by atoms with van der Waals surface area (Å²) in [4.78, 5) is 18.7. The van der Waals surface area contributed by atoms with Crippen molar-refractivity contribution in [1.82, 2.24) is 4.90 Å². The number of thioether (sulfide) groups is 1. The molecule has 0 saturated heterocycles. The summed E-state index contributed by atoms with van der Waals surface area (Å²) in [5, 5.41) is 11.5. The zero-order chi connectivity index (χ0) is 24.4. The van der Waals surface area contributed by atoms with Crippen molar-refractivity contribution in [2.24, 2.45) is 4.99 Å². The molecule has 0 bridgehead atoms. The molecule has 0 aliphatic carbocycles. The molecule has 3 aromatic rings. The molecule has 174 valence electrons. The lowest BCUT2D eigenvalue weighted by molar-refractivity contribution is -0.114. The number of amidine groups is 2. The van der Waals surface area contributed by atoms with Gasteiger partial charge < -0.3 is 9.47 Å². The van der Waals surface area contributed by atoms with Crippen LogP contribution in [-0.4, -0.2) is 28.9 Å². The minimum absolute atomic E-state index is 0.0552. The molecule has 0 atom stereocenters. The quantitative estimate of drug-likeness (QED) is 0.405. The van der Waals surface area contributed by atoms with Gasteiger partial charge in [-0.3, -0.25) is 15.1 Å². The smallest absolute Gasteiger partial charge is 0.283 e. The maximum Gasteiger partial charge on any atom is 0.283 e. The molecule has 5 rings (SSSR count). The molecule has 0 unspecified atom stereocenters. The van der Waals surface area contributed by atoms with Gasteiger partial charge in [0.25, 0.3) is 5.91 Å². The van der Waals surface area contributed by atoms with Crippen LogP contribution in [0.25, 0.3) is 11.8 Å². The highest BCUT2D eigenvalue weighted by Crippen LogP contribution is 2.40. The summed E-state index contributed by atoms with van der Waals surface area (Å²) >= 11 is 7.87. The summed E-state index contributed by atoms with van der Waals surface area (Å²) in [6, 6.07) is 22.9. The molecule has 35 heavy (non-hydrogen) atoms. The molecule has 0 spiro atoms. The highest BCUT2D eigenvalue weighted by atomic mass is 35.5. The van der Waals surface area contributed by atoms with E-state index in [1.165, 1.54) is 18.9 Å². The Morgan fingerprint density at radius 1 is 1.09 bits per heavy atom. The Morgan fingerprint density at radius 3 is 2.51 bits per heavy atom. The van der Waals surface area contributed by atoms with Crippen LogP contribution in [0.15, 0.2) is 88.8 Å². The minimum atomic E-state index is -0.476. The van der Waals surface area contributed by atoms with Gasteiger partial charge in [-0.2, -0.15) is 4.99 Å². The van der Waals surface area contributed by atoms with Crippen LogP contribution in [0.1, 0.15) is 16.7 Å². The van der Waals surface area contributed by atoms with Crippen LogP contribution in [0.3, 0.4) is 0 Å². The van der Waals surface area contributed by atoms with Crippen molar-refractivity contribution in [3.05, 3.63) is 105 Å². The van der Waals surface area contributed by atoms with Crippen LogP contribution in [0.2, 0.25) is 5.02 Å². The third-order valence-corrected chi connectivity index (χ3v) is 6.58. The summed E-state index contributed by atoms with van der Waals surface area (Å²) < 4.78 is 11.4. The number of carbonyl (C=O) groups excluding carboxylic acids is 1. The number of ether oxygens (including phenoxy) is 2. The lowest BCUT2D eigenvalue weighted by atomic mass is 10.1. The third kappa shape index (κ3) is 4.60. The molecule has 0 saturated carbocycles. The molecular formula is C27H20ClN3O3S. The van der Waals surface area contributed by atoms with Crippen LogP contribution >= 0.6 is 23.4 Å². The van der Waals surface area contributed by atoms with Crippen LogP contribution in [0.4, 0.5) is 0 Å². The maximum atomic E-state index is 12.8. The molecule has 8 heteroatoms. The topological polar surface area (TPSA) is 75.0 Å². The molecule has 3 aromatic carbocycles. The van der Waals surface area contributed by atoms with E-state index in [1.807, 2.05) is 66.1 Å². The Bertz CT molecular complexity index is 1400. The molecule has 6 nitrogen and oxygen atoms in total. The number of halogens is 1. The van der Waals surface area contributed by atoms with Gasteiger partial charge in [0.15, 0.2) is 16.7 Å². The fourth-order valence-electron chi connectivity index (χ4n) is 3.77. The maximum absolute atomic E-state index is 12.8. The molecule has 0 aromatic heterocycles. The Hall–Kier alpha value is -3.81. The highest BCUT2D eigenvalue weighted by Gasteiger charge is 2.36. The lowest BCUT2D eigenvalue weighted by Gasteiger charge is -2.27. The van der Waals surface area contributed by atoms with Crippen LogP contribution in [0.5, 0.6) is 11.5 Å². The average Bonchev–Trinajstić information content (AvgIpc) is 3.30. The van der Waals surface area contributed by atoms with Gasteiger partial charge in [0, 0.05) is 5.41 Å². The summed E-state index contributed by atoms with van der Waals surface area (Å²) in [5.41, 5.74) is 3.50. The van der Waals surface area contributed by atoms with Gasteiger partial charge in [0.05, 0.1) is 23.4 Å². The fraction of sp³-hybridized carbons (Fsp3) is 0.0741. The zero-order valence-corrected chi connectivity index (χ0v) is 20.3. The summed E-state index contributed by atoms with van der Waals surface area (Å²) in [7, 11) is 1.53. The van der Waals surface area contributed by atoms with E-state index in [2.05, 4.69) is 4.99 Å². The second kappa shape index (κ2) is 9.82. The number of amides is 1. The van der Waals surface area contributed by atoms with Crippen LogP contribution in [-0.2, 0) is 11.4 Å². The molecule has 2 aliphatic rings. The summed E-state index contributed by atoms with van der Waals surface area (Å²) in [6.07, 6.45) is 1.60. The predicted molar refractivity (Wildman–Crippen MR) is 141 cm³/mol. The number of carbonyl (C=O) groups is 1. The summed E-state index contributed by atoms with van der Waals surface area (Å²) in [5.74, 6) is 0.423. The highest BCUT2D eigenvalue weighted by molar-refractivity contribution is 8.17. The molecule has 1 N–H and O–H groups in total. The average molecular weight is 502 g/mol. The largest absolute Gasteiger partial charge is 0.493 e. The van der Waals surface area contributed by atoms with Gasteiger partial charge in [-0.15, -0.1) is 0 Å². The first-order valence-electron chi connectivity index (χ1n) is 10.8. The van der Waals surface area contributed by atoms with E-state index in [0.29, 0.717) is 33.9 Å². The van der Waals surface area contributed by atoms with E-state index in [-0.39, 0.29) is 11.4 Å². The van der Waals surface area contributed by atoms with E-state index >= 15 is 0 Å². The van der Waals surface area contributed by atoms with Crippen molar-refractivity contribution >= 4 is 52.0 Å². The number of methoxy groups -OCH3 is 1. The van der Waals surface area contributed by atoms with Gasteiger partial charge in [0.1, 0.15) is 12.4 Å². The number of fused-ring (bicyclic) bond motifs is 1. The van der Waals surface area contributed by atoms with Gasteiger partial charge in [0.2, 0.25) is 0 Å². The molecule has 0 fully saturated rings. The minimum Gasteiger partial charge on any atom is -0.493 e. The van der Waals surface area contributed by atoms with Gasteiger partial charge in [-0.1, -0.05) is 84.0 Å². The van der Waals surface area contributed by atoms with Crippen molar-refractivity contribution in [2.45, 2.75) is 6.61 Å². The van der Waals surface area contributed by atoms with Crippen LogP contribution in [0, 0.1) is 5.41 Å². The normalized spacial score (nSPS) is 16.2. The monoisotopic (exact) mass is 501 g/mol. The van der Waals surface area contributed by atoms with Crippen molar-refractivity contribution in [2.75, 3.05) is 7.11 Å². The van der Waals surface area contributed by atoms with Gasteiger partial charge in [-0.05, 0) is 34.9 Å². The molecule has 1 amide bonds. The summed E-state index contributed by atoms with van der Waals surface area (Å²) in [6.45, 7) is 0.333. The second-order valence-corrected chi connectivity index (χ2v) is 8.98. The first-order valence-corrected chi connectivity index (χ1v) is 12.0. The standard InChI is InChI=1S/C27H20ClN3O3S/c1-33-23-14-18(13-21(28)24(23)34-15-17-8-4-2-5-9-17)12-20-25(29)31-22(19-10-6-3-7-11-19)16-35-27(31)30-26(20)32/h2-14,16,29H,15H2,1H3. The number of rotatable bonds is 6. The first-order chi connectivity index (χ1) is 17.0. The van der Waals surface area contributed by atoms with Gasteiger partial charge in [-0.25, -0.2) is 0 Å². The SMILES string of the molecule is COc1cc(C=C2C(=N)N3C(c4ccccc4)=CSC3=NC2=O)cc(Cl)c1OCc1ccccc1. The molecule has 2 aliphatic heterocycles. The Labute approximate surface area is 212 Å². The Morgan fingerprint density at radius 2 is 1.80 bits per heavy atom. The Balaban J connectivity index is 1.45. The molecular weight excluding hydrogens is 482 g/mol.